The maximum absolute atomic E-state index is 10.00. The van der Waals surface area contributed by atoms with Crippen molar-refractivity contribution in [2.45, 2.75) is 52.4 Å². The lowest BCUT2D eigenvalue weighted by molar-refractivity contribution is 0.381. The molecule has 0 atom stereocenters. The molecule has 0 saturated heterocycles. The van der Waals surface area contributed by atoms with Crippen molar-refractivity contribution >= 4 is 8.60 Å². The van der Waals surface area contributed by atoms with Gasteiger partial charge in [-0.15, -0.1) is 0 Å². The molecular weight excluding hydrogens is 319 g/mol. The second kappa shape index (κ2) is 10.3. The first-order chi connectivity index (χ1) is 11.7. The number of aryl methyl sites for hydroxylation is 2. The van der Waals surface area contributed by atoms with Crippen LogP contribution in [0, 0.1) is 0 Å². The summed E-state index contributed by atoms with van der Waals surface area (Å²) in [5.74, 6) is 1.26. The predicted octanol–water partition coefficient (Wildman–Crippen LogP) is 6.05. The summed E-state index contributed by atoms with van der Waals surface area (Å²) in [6.07, 6.45) is 6.89. The fraction of sp³-hybridized carbons (Fsp3) is 0.400. The van der Waals surface area contributed by atoms with Crippen LogP contribution in [0.25, 0.3) is 0 Å². The topological polar surface area (TPSA) is 38.7 Å². The van der Waals surface area contributed by atoms with Gasteiger partial charge in [0.2, 0.25) is 0 Å². The highest BCUT2D eigenvalue weighted by Crippen LogP contribution is 2.36. The molecule has 0 aliphatic heterocycles. The molecule has 0 aliphatic carbocycles. The van der Waals surface area contributed by atoms with Gasteiger partial charge in [-0.1, -0.05) is 51.0 Å². The van der Waals surface area contributed by atoms with Crippen LogP contribution in [-0.2, 0) is 12.8 Å². The summed E-state index contributed by atoms with van der Waals surface area (Å²) in [7, 11) is -1.97. The molecule has 2 aromatic carbocycles. The highest BCUT2D eigenvalue weighted by Gasteiger charge is 2.11. The lowest BCUT2D eigenvalue weighted by atomic mass is 10.1. The van der Waals surface area contributed by atoms with Crippen LogP contribution >= 0.6 is 8.60 Å². The van der Waals surface area contributed by atoms with E-state index in [1.165, 1.54) is 36.8 Å². The number of unbranched alkanes of at least 4 members (excludes halogenated alkanes) is 2. The third-order valence-corrected chi connectivity index (χ3v) is 4.59. The summed E-state index contributed by atoms with van der Waals surface area (Å²) < 4.78 is 10.9. The molecule has 0 aliphatic rings. The summed E-state index contributed by atoms with van der Waals surface area (Å²) in [5, 5.41) is 0. The molecule has 0 amide bonds. The van der Waals surface area contributed by atoms with Crippen LogP contribution in [0.5, 0.6) is 11.5 Å². The third-order valence-electron chi connectivity index (χ3n) is 3.85. The fourth-order valence-corrected chi connectivity index (χ4v) is 3.04. The van der Waals surface area contributed by atoms with Gasteiger partial charge >= 0.3 is 8.60 Å². The molecule has 0 fully saturated rings. The highest BCUT2D eigenvalue weighted by molar-refractivity contribution is 7.41. The minimum atomic E-state index is -1.97. The molecule has 24 heavy (non-hydrogen) atoms. The van der Waals surface area contributed by atoms with E-state index < -0.39 is 8.60 Å². The van der Waals surface area contributed by atoms with Crippen molar-refractivity contribution in [3.63, 3.8) is 0 Å². The Kier molecular flexibility index (Phi) is 8.07. The number of benzene rings is 2. The quantitative estimate of drug-likeness (QED) is 0.532. The first-order valence-corrected chi connectivity index (χ1v) is 9.87. The minimum Gasteiger partial charge on any atom is -0.418 e. The zero-order valence-electron chi connectivity index (χ0n) is 14.6. The Labute approximate surface area is 146 Å². The molecule has 0 saturated carbocycles. The monoisotopic (exact) mass is 346 g/mol. The van der Waals surface area contributed by atoms with E-state index in [1.807, 2.05) is 48.5 Å². The van der Waals surface area contributed by atoms with E-state index in [1.54, 1.807) is 0 Å². The molecule has 0 radical (unpaired) electrons. The molecule has 2 rings (SSSR count). The Bertz CT molecular complexity index is 527. The molecule has 2 aromatic rings. The first-order valence-electron chi connectivity index (χ1n) is 8.74. The van der Waals surface area contributed by atoms with Crippen LogP contribution in [0.2, 0.25) is 0 Å². The van der Waals surface area contributed by atoms with Gasteiger partial charge in [0.05, 0.1) is 0 Å². The number of hydrogen-bond acceptors (Lipinski definition) is 3. The number of rotatable bonds is 10. The van der Waals surface area contributed by atoms with Gasteiger partial charge in [-0.05, 0) is 61.1 Å². The Balaban J connectivity index is 1.82. The Morgan fingerprint density at radius 1 is 0.708 bits per heavy atom. The standard InChI is InChI=1S/C20H27O3P/c1-3-5-7-17-9-13-19(14-10-17)22-24(21)23-20-15-11-18(12-16-20)8-6-4-2/h9-16,21H,3-8H2,1-2H3. The summed E-state index contributed by atoms with van der Waals surface area (Å²) in [5.41, 5.74) is 2.57. The van der Waals surface area contributed by atoms with Crippen LogP contribution in [-0.4, -0.2) is 4.89 Å². The Hall–Kier alpha value is -1.57. The molecular formula is C20H27O3P. The van der Waals surface area contributed by atoms with Crippen LogP contribution in [0.1, 0.15) is 50.7 Å². The molecule has 4 heteroatoms. The smallest absolute Gasteiger partial charge is 0.418 e. The molecule has 1 N–H and O–H groups in total. The zero-order chi connectivity index (χ0) is 17.2. The fourth-order valence-electron chi connectivity index (χ4n) is 2.39. The molecule has 3 nitrogen and oxygen atoms in total. The maximum Gasteiger partial charge on any atom is 0.460 e. The van der Waals surface area contributed by atoms with E-state index in [4.69, 9.17) is 9.05 Å². The zero-order valence-corrected chi connectivity index (χ0v) is 15.5. The van der Waals surface area contributed by atoms with Gasteiger partial charge in [-0.2, -0.15) is 0 Å². The van der Waals surface area contributed by atoms with Crippen LogP contribution in [0.15, 0.2) is 48.5 Å². The van der Waals surface area contributed by atoms with E-state index >= 15 is 0 Å². The van der Waals surface area contributed by atoms with Crippen LogP contribution < -0.4 is 9.05 Å². The summed E-state index contributed by atoms with van der Waals surface area (Å²) >= 11 is 0. The Morgan fingerprint density at radius 2 is 1.08 bits per heavy atom. The molecule has 0 aromatic heterocycles. The first kappa shape index (κ1) is 18.8. The van der Waals surface area contributed by atoms with Crippen LogP contribution in [0.3, 0.4) is 0 Å². The Morgan fingerprint density at radius 3 is 1.42 bits per heavy atom. The van der Waals surface area contributed by atoms with Crippen molar-refractivity contribution in [1.82, 2.24) is 0 Å². The van der Waals surface area contributed by atoms with E-state index in [0.29, 0.717) is 11.5 Å². The normalized spacial score (nSPS) is 10.8. The average Bonchev–Trinajstić information content (AvgIpc) is 2.60. The van der Waals surface area contributed by atoms with Crippen molar-refractivity contribution in [2.24, 2.45) is 0 Å². The minimum absolute atomic E-state index is 0.628. The van der Waals surface area contributed by atoms with E-state index in [9.17, 15) is 4.89 Å². The summed E-state index contributed by atoms with van der Waals surface area (Å²) in [6.45, 7) is 4.37. The molecule has 0 unspecified atom stereocenters. The van der Waals surface area contributed by atoms with Crippen molar-refractivity contribution in [2.75, 3.05) is 0 Å². The van der Waals surface area contributed by atoms with Crippen molar-refractivity contribution in [1.29, 1.82) is 0 Å². The second-order valence-corrected chi connectivity index (χ2v) is 6.76. The highest BCUT2D eigenvalue weighted by atomic mass is 31.2. The van der Waals surface area contributed by atoms with Gasteiger partial charge in [0.1, 0.15) is 11.5 Å². The molecule has 0 spiro atoms. The maximum atomic E-state index is 10.00. The van der Waals surface area contributed by atoms with Crippen molar-refractivity contribution < 1.29 is 13.9 Å². The van der Waals surface area contributed by atoms with E-state index in [0.717, 1.165) is 12.8 Å². The van der Waals surface area contributed by atoms with Gasteiger partial charge in [-0.25, -0.2) is 0 Å². The lowest BCUT2D eigenvalue weighted by Gasteiger charge is -2.13. The van der Waals surface area contributed by atoms with Gasteiger partial charge < -0.3 is 13.9 Å². The van der Waals surface area contributed by atoms with Gasteiger partial charge in [0.15, 0.2) is 0 Å². The van der Waals surface area contributed by atoms with Gasteiger partial charge in [0, 0.05) is 0 Å². The average molecular weight is 346 g/mol. The van der Waals surface area contributed by atoms with Crippen molar-refractivity contribution in [3.05, 3.63) is 59.7 Å². The third kappa shape index (κ3) is 6.51. The second-order valence-electron chi connectivity index (χ2n) is 5.92. The molecule has 0 bridgehead atoms. The SMILES string of the molecule is CCCCc1ccc(OP(O)Oc2ccc(CCCC)cc2)cc1. The molecule has 0 heterocycles. The predicted molar refractivity (Wildman–Crippen MR) is 101 cm³/mol. The van der Waals surface area contributed by atoms with Gasteiger partial charge in [-0.3, -0.25) is 0 Å². The van der Waals surface area contributed by atoms with E-state index in [-0.39, 0.29) is 0 Å². The van der Waals surface area contributed by atoms with Gasteiger partial charge in [0.25, 0.3) is 0 Å². The lowest BCUT2D eigenvalue weighted by Crippen LogP contribution is -1.95. The summed E-state index contributed by atoms with van der Waals surface area (Å²) in [6, 6.07) is 15.7. The largest absolute Gasteiger partial charge is 0.460 e. The molecule has 130 valence electrons. The van der Waals surface area contributed by atoms with E-state index in [2.05, 4.69) is 13.8 Å². The van der Waals surface area contributed by atoms with Crippen LogP contribution in [0.4, 0.5) is 0 Å². The summed E-state index contributed by atoms with van der Waals surface area (Å²) in [4.78, 5) is 10.00. The van der Waals surface area contributed by atoms with Crippen molar-refractivity contribution in [3.8, 4) is 11.5 Å². The number of hydrogen-bond donors (Lipinski definition) is 1.